The van der Waals surface area contributed by atoms with Crippen molar-refractivity contribution in [3.63, 3.8) is 0 Å². The first-order chi connectivity index (χ1) is 11.7. The average Bonchev–Trinajstić information content (AvgIpc) is 3.10. The minimum Gasteiger partial charge on any atom is -0.342 e. The van der Waals surface area contributed by atoms with Crippen molar-refractivity contribution in [2.24, 2.45) is 17.8 Å². The van der Waals surface area contributed by atoms with Gasteiger partial charge in [-0.3, -0.25) is 9.59 Å². The lowest BCUT2D eigenvalue weighted by Crippen LogP contribution is -2.45. The van der Waals surface area contributed by atoms with E-state index in [2.05, 4.69) is 15.1 Å². The topological polar surface area (TPSA) is 52.7 Å². The summed E-state index contributed by atoms with van der Waals surface area (Å²) in [5.41, 5.74) is 0. The maximum Gasteiger partial charge on any atom is 0.225 e. The lowest BCUT2D eigenvalue weighted by molar-refractivity contribution is -0.137. The highest BCUT2D eigenvalue weighted by Crippen LogP contribution is 2.32. The first-order valence-electron chi connectivity index (χ1n) is 9.92. The smallest absolute Gasteiger partial charge is 0.225 e. The van der Waals surface area contributed by atoms with Gasteiger partial charge in [0.15, 0.2) is 0 Å². The van der Waals surface area contributed by atoms with Crippen molar-refractivity contribution in [1.29, 1.82) is 0 Å². The molecule has 2 saturated heterocycles. The Hall–Kier alpha value is -0.940. The predicted octanol–water partition coefficient (Wildman–Crippen LogP) is 1.53. The monoisotopic (exact) mass is 335 g/mol. The molecule has 0 spiro atoms. The lowest BCUT2D eigenvalue weighted by atomic mass is 9.79. The number of hydrogen-bond acceptors (Lipinski definition) is 4. The second-order valence-corrected chi connectivity index (χ2v) is 7.86. The van der Waals surface area contributed by atoms with Crippen molar-refractivity contribution in [1.82, 2.24) is 15.1 Å². The molecule has 0 aromatic carbocycles. The third-order valence-corrected chi connectivity index (χ3v) is 6.20. The summed E-state index contributed by atoms with van der Waals surface area (Å²) in [5, 5.41) is 3.40. The van der Waals surface area contributed by atoms with E-state index in [1.54, 1.807) is 0 Å². The molecule has 5 nitrogen and oxygen atoms in total. The molecule has 24 heavy (non-hydrogen) atoms. The minimum atomic E-state index is 0.170. The van der Waals surface area contributed by atoms with Gasteiger partial charge >= 0.3 is 0 Å². The van der Waals surface area contributed by atoms with Gasteiger partial charge in [-0.2, -0.15) is 0 Å². The molecular weight excluding hydrogens is 302 g/mol. The summed E-state index contributed by atoms with van der Waals surface area (Å²) >= 11 is 0. The van der Waals surface area contributed by atoms with E-state index < -0.39 is 0 Å². The Labute approximate surface area is 146 Å². The zero-order valence-electron chi connectivity index (χ0n) is 15.1. The molecular formula is C19H33N3O2. The highest BCUT2D eigenvalue weighted by Gasteiger charge is 2.34. The molecule has 1 unspecified atom stereocenters. The summed E-state index contributed by atoms with van der Waals surface area (Å²) in [4.78, 5) is 29.3. The molecule has 1 saturated carbocycles. The van der Waals surface area contributed by atoms with Gasteiger partial charge in [0.2, 0.25) is 5.91 Å². The number of likely N-dealkylation sites (tertiary alicyclic amines) is 1. The van der Waals surface area contributed by atoms with E-state index in [9.17, 15) is 9.59 Å². The van der Waals surface area contributed by atoms with Gasteiger partial charge in [-0.15, -0.1) is 0 Å². The molecule has 0 bridgehead atoms. The Morgan fingerprint density at radius 3 is 2.29 bits per heavy atom. The van der Waals surface area contributed by atoms with Gasteiger partial charge in [-0.25, -0.2) is 0 Å². The Morgan fingerprint density at radius 2 is 1.62 bits per heavy atom. The fourth-order valence-electron chi connectivity index (χ4n) is 4.65. The Morgan fingerprint density at radius 1 is 0.958 bits per heavy atom. The van der Waals surface area contributed by atoms with Crippen LogP contribution in [0.25, 0.3) is 0 Å². The van der Waals surface area contributed by atoms with E-state index in [0.717, 1.165) is 77.9 Å². The Balaban J connectivity index is 1.42. The van der Waals surface area contributed by atoms with Gasteiger partial charge in [0.05, 0.1) is 0 Å². The highest BCUT2D eigenvalue weighted by atomic mass is 16.2. The van der Waals surface area contributed by atoms with Crippen LogP contribution in [-0.4, -0.2) is 67.3 Å². The standard InChI is InChI=1S/C19H33N3O2/c1-2-18(23)16-3-5-17(6-4-16)19(24)22-10-7-15(14-22)13-21-11-8-20-9-12-21/h15-17,20H,2-14H2,1H3. The number of carbonyl (C=O) groups excluding carboxylic acids is 2. The number of amides is 1. The fraction of sp³-hybridized carbons (Fsp3) is 0.895. The minimum absolute atomic E-state index is 0.170. The molecule has 0 aromatic rings. The molecule has 1 N–H and O–H groups in total. The van der Waals surface area contributed by atoms with Crippen molar-refractivity contribution in [2.45, 2.75) is 45.4 Å². The molecule has 2 heterocycles. The maximum atomic E-state index is 12.8. The van der Waals surface area contributed by atoms with Crippen LogP contribution in [0.5, 0.6) is 0 Å². The van der Waals surface area contributed by atoms with Crippen molar-refractivity contribution >= 4 is 11.7 Å². The van der Waals surface area contributed by atoms with E-state index >= 15 is 0 Å². The predicted molar refractivity (Wildman–Crippen MR) is 94.7 cm³/mol. The van der Waals surface area contributed by atoms with Crippen LogP contribution in [0.2, 0.25) is 0 Å². The Kier molecular flexibility index (Phi) is 6.28. The van der Waals surface area contributed by atoms with E-state index in [1.807, 2.05) is 6.92 Å². The number of rotatable bonds is 5. The second kappa shape index (κ2) is 8.43. The molecule has 2 aliphatic heterocycles. The SMILES string of the molecule is CCC(=O)C1CCC(C(=O)N2CCC(CN3CCNCC3)C2)CC1. The third kappa shape index (κ3) is 4.37. The van der Waals surface area contributed by atoms with Crippen molar-refractivity contribution < 1.29 is 9.59 Å². The fourth-order valence-corrected chi connectivity index (χ4v) is 4.65. The van der Waals surface area contributed by atoms with E-state index in [-0.39, 0.29) is 11.8 Å². The zero-order valence-corrected chi connectivity index (χ0v) is 15.1. The maximum absolute atomic E-state index is 12.8. The molecule has 1 atom stereocenters. The summed E-state index contributed by atoms with van der Waals surface area (Å²) in [7, 11) is 0. The summed E-state index contributed by atoms with van der Waals surface area (Å²) in [6, 6.07) is 0. The summed E-state index contributed by atoms with van der Waals surface area (Å²) < 4.78 is 0. The van der Waals surface area contributed by atoms with Crippen LogP contribution in [-0.2, 0) is 9.59 Å². The number of piperazine rings is 1. The summed E-state index contributed by atoms with van der Waals surface area (Å²) in [6.07, 6.45) is 5.45. The molecule has 0 aromatic heterocycles. The number of ketones is 1. The van der Waals surface area contributed by atoms with Crippen LogP contribution in [0, 0.1) is 17.8 Å². The molecule has 1 amide bonds. The first-order valence-corrected chi connectivity index (χ1v) is 9.92. The Bertz CT molecular complexity index is 440. The van der Waals surface area contributed by atoms with Crippen LogP contribution in [0.4, 0.5) is 0 Å². The molecule has 0 radical (unpaired) electrons. The van der Waals surface area contributed by atoms with E-state index in [4.69, 9.17) is 0 Å². The van der Waals surface area contributed by atoms with Crippen LogP contribution in [0.15, 0.2) is 0 Å². The average molecular weight is 335 g/mol. The zero-order chi connectivity index (χ0) is 16.9. The quantitative estimate of drug-likeness (QED) is 0.828. The molecule has 3 aliphatic rings. The molecule has 5 heteroatoms. The van der Waals surface area contributed by atoms with Crippen LogP contribution in [0.3, 0.4) is 0 Å². The number of nitrogens with one attached hydrogen (secondary N) is 1. The van der Waals surface area contributed by atoms with Crippen LogP contribution in [0.1, 0.15) is 45.4 Å². The van der Waals surface area contributed by atoms with Crippen molar-refractivity contribution in [3.05, 3.63) is 0 Å². The number of nitrogens with zero attached hydrogens (tertiary/aromatic N) is 2. The van der Waals surface area contributed by atoms with Crippen LogP contribution < -0.4 is 5.32 Å². The van der Waals surface area contributed by atoms with Gasteiger partial charge < -0.3 is 15.1 Å². The van der Waals surface area contributed by atoms with Crippen molar-refractivity contribution in [2.75, 3.05) is 45.8 Å². The lowest BCUT2D eigenvalue weighted by Gasteiger charge is -2.31. The molecule has 1 aliphatic carbocycles. The number of Topliss-reactive ketones (excluding diaryl/α,β-unsaturated/α-hetero) is 1. The summed E-state index contributed by atoms with van der Waals surface area (Å²) in [5.74, 6) is 1.78. The first kappa shape index (κ1) is 17.9. The largest absolute Gasteiger partial charge is 0.342 e. The second-order valence-electron chi connectivity index (χ2n) is 7.86. The van der Waals surface area contributed by atoms with Crippen LogP contribution >= 0.6 is 0 Å². The van der Waals surface area contributed by atoms with Gasteiger partial charge in [0.1, 0.15) is 5.78 Å². The van der Waals surface area contributed by atoms with Gasteiger partial charge in [0.25, 0.3) is 0 Å². The number of carbonyl (C=O) groups is 2. The summed E-state index contributed by atoms with van der Waals surface area (Å²) in [6.45, 7) is 9.43. The van der Waals surface area contributed by atoms with Crippen molar-refractivity contribution in [3.8, 4) is 0 Å². The normalized spacial score (nSPS) is 32.0. The van der Waals surface area contributed by atoms with E-state index in [0.29, 0.717) is 24.0 Å². The van der Waals surface area contributed by atoms with E-state index in [1.165, 1.54) is 0 Å². The molecule has 136 valence electrons. The van der Waals surface area contributed by atoms with Gasteiger partial charge in [-0.05, 0) is 38.0 Å². The van der Waals surface area contributed by atoms with Gasteiger partial charge in [-0.1, -0.05) is 6.92 Å². The highest BCUT2D eigenvalue weighted by molar-refractivity contribution is 5.82. The van der Waals surface area contributed by atoms with Gasteiger partial charge in [0, 0.05) is 64.1 Å². The third-order valence-electron chi connectivity index (χ3n) is 6.20. The number of hydrogen-bond donors (Lipinski definition) is 1. The molecule has 3 rings (SSSR count). The molecule has 3 fully saturated rings.